The summed E-state index contributed by atoms with van der Waals surface area (Å²) in [6, 6.07) is 20.4. The van der Waals surface area contributed by atoms with E-state index in [0.29, 0.717) is 11.5 Å². The maximum Gasteiger partial charge on any atom is 0.373 e. The quantitative estimate of drug-likeness (QED) is 0.308. The number of ether oxygens (including phenoxy) is 1. The van der Waals surface area contributed by atoms with E-state index in [-0.39, 0.29) is 5.76 Å². The first-order valence-corrected chi connectivity index (χ1v) is 8.85. The molecule has 29 heavy (non-hydrogen) atoms. The summed E-state index contributed by atoms with van der Waals surface area (Å²) < 4.78 is 9.87. The monoisotopic (exact) mass is 387 g/mol. The number of carbonyl (C=O) groups excluding carboxylic acids is 2. The number of amides is 1. The molecular formula is C22H17N3O4. The highest BCUT2D eigenvalue weighted by Crippen LogP contribution is 2.32. The van der Waals surface area contributed by atoms with E-state index in [1.54, 1.807) is 6.07 Å². The average molecular weight is 387 g/mol. The van der Waals surface area contributed by atoms with Gasteiger partial charge in [-0.15, -0.1) is 0 Å². The molecular weight excluding hydrogens is 370 g/mol. The Morgan fingerprint density at radius 3 is 2.59 bits per heavy atom. The largest absolute Gasteiger partial charge is 0.463 e. The van der Waals surface area contributed by atoms with Gasteiger partial charge in [-0.1, -0.05) is 48.5 Å². The molecule has 0 spiro atoms. The molecule has 0 radical (unpaired) electrons. The van der Waals surface area contributed by atoms with Gasteiger partial charge in [-0.3, -0.25) is 4.79 Å². The molecule has 0 fully saturated rings. The van der Waals surface area contributed by atoms with Crippen LogP contribution in [0.4, 0.5) is 0 Å². The van der Waals surface area contributed by atoms with Gasteiger partial charge in [-0.05, 0) is 23.8 Å². The molecule has 0 unspecified atom stereocenters. The van der Waals surface area contributed by atoms with Gasteiger partial charge >= 0.3 is 5.97 Å². The van der Waals surface area contributed by atoms with Crippen LogP contribution in [0.5, 0.6) is 0 Å². The number of methoxy groups -OCH3 is 1. The van der Waals surface area contributed by atoms with Crippen molar-refractivity contribution >= 4 is 29.0 Å². The number of benzene rings is 2. The van der Waals surface area contributed by atoms with Crippen molar-refractivity contribution in [1.82, 2.24) is 10.4 Å². The molecule has 2 aromatic heterocycles. The molecule has 4 rings (SSSR count). The zero-order chi connectivity index (χ0) is 20.2. The lowest BCUT2D eigenvalue weighted by Crippen LogP contribution is -2.18. The maximum atomic E-state index is 12.8. The molecule has 0 atom stereocenters. The van der Waals surface area contributed by atoms with Crippen molar-refractivity contribution < 1.29 is 18.7 Å². The van der Waals surface area contributed by atoms with Crippen LogP contribution in [0.25, 0.3) is 22.0 Å². The Bertz CT molecular complexity index is 1210. The van der Waals surface area contributed by atoms with Crippen LogP contribution in [0, 0.1) is 0 Å². The highest BCUT2D eigenvalue weighted by molar-refractivity contribution is 6.09. The van der Waals surface area contributed by atoms with Crippen LogP contribution < -0.4 is 5.43 Å². The van der Waals surface area contributed by atoms with Gasteiger partial charge in [0.2, 0.25) is 5.76 Å². The zero-order valence-electron chi connectivity index (χ0n) is 15.5. The van der Waals surface area contributed by atoms with Gasteiger partial charge in [0.25, 0.3) is 5.91 Å². The Hall–Kier alpha value is -4.13. The minimum atomic E-state index is -0.584. The first-order valence-electron chi connectivity index (χ1n) is 8.85. The molecule has 2 heterocycles. The fourth-order valence-corrected chi connectivity index (χ4v) is 3.06. The van der Waals surface area contributed by atoms with Crippen molar-refractivity contribution in [2.24, 2.45) is 5.10 Å². The number of aromatic amines is 1. The van der Waals surface area contributed by atoms with Crippen LogP contribution in [0.3, 0.4) is 0 Å². The number of rotatable bonds is 5. The van der Waals surface area contributed by atoms with Crippen molar-refractivity contribution in [3.63, 3.8) is 0 Å². The van der Waals surface area contributed by atoms with Gasteiger partial charge in [0, 0.05) is 16.5 Å². The summed E-state index contributed by atoms with van der Waals surface area (Å²) in [4.78, 5) is 27.4. The number of carbonyl (C=O) groups is 2. The van der Waals surface area contributed by atoms with E-state index in [1.807, 2.05) is 54.6 Å². The maximum absolute atomic E-state index is 12.8. The van der Waals surface area contributed by atoms with Crippen LogP contribution >= 0.6 is 0 Å². The van der Waals surface area contributed by atoms with Crippen LogP contribution in [0.15, 0.2) is 76.2 Å². The summed E-state index contributed by atoms with van der Waals surface area (Å²) in [5.74, 6) is -0.608. The number of hydrazone groups is 1. The third-order valence-electron chi connectivity index (χ3n) is 4.37. The molecule has 7 nitrogen and oxygen atoms in total. The second-order valence-corrected chi connectivity index (χ2v) is 6.18. The molecule has 0 aliphatic heterocycles. The Labute approximate surface area is 166 Å². The number of aromatic nitrogens is 1. The number of hydrogen-bond donors (Lipinski definition) is 2. The van der Waals surface area contributed by atoms with Crippen molar-refractivity contribution in [3.8, 4) is 11.1 Å². The van der Waals surface area contributed by atoms with E-state index in [4.69, 9.17) is 4.42 Å². The molecule has 1 amide bonds. The van der Waals surface area contributed by atoms with E-state index in [9.17, 15) is 9.59 Å². The van der Waals surface area contributed by atoms with Crippen LogP contribution in [-0.4, -0.2) is 30.2 Å². The molecule has 2 N–H and O–H groups in total. The number of nitrogens with one attached hydrogen (secondary N) is 2. The Morgan fingerprint density at radius 2 is 1.79 bits per heavy atom. The van der Waals surface area contributed by atoms with E-state index in [2.05, 4.69) is 20.2 Å². The lowest BCUT2D eigenvalue weighted by Gasteiger charge is -2.04. The first kappa shape index (κ1) is 18.2. The lowest BCUT2D eigenvalue weighted by atomic mass is 10.0. The molecule has 7 heteroatoms. The van der Waals surface area contributed by atoms with E-state index in [1.165, 1.54) is 19.4 Å². The second kappa shape index (κ2) is 7.85. The first-order chi connectivity index (χ1) is 14.2. The van der Waals surface area contributed by atoms with Gasteiger partial charge < -0.3 is 14.1 Å². The molecule has 0 saturated heterocycles. The number of H-pyrrole nitrogens is 1. The summed E-state index contributed by atoms with van der Waals surface area (Å²) in [5.41, 5.74) is 5.49. The number of hydrogen-bond acceptors (Lipinski definition) is 5. The van der Waals surface area contributed by atoms with Gasteiger partial charge in [0.15, 0.2) is 0 Å². The normalized spacial score (nSPS) is 11.1. The minimum Gasteiger partial charge on any atom is -0.463 e. The average Bonchev–Trinajstić information content (AvgIpc) is 3.38. The minimum absolute atomic E-state index is 0.0576. The van der Waals surface area contributed by atoms with Gasteiger partial charge in [-0.2, -0.15) is 5.10 Å². The summed E-state index contributed by atoms with van der Waals surface area (Å²) in [6.45, 7) is 0. The van der Waals surface area contributed by atoms with Crippen LogP contribution in [-0.2, 0) is 4.74 Å². The van der Waals surface area contributed by atoms with Crippen molar-refractivity contribution in [2.45, 2.75) is 0 Å². The Kier molecular flexibility index (Phi) is 4.94. The fraction of sp³-hybridized carbons (Fsp3) is 0.0455. The standard InChI is InChI=1S/C22H17N3O4/c1-28-22(27)18-12-11-15(29-18)13-23-25-21(26)20-19(14-7-3-2-4-8-14)16-9-5-6-10-17(16)24-20/h2-13,24H,1H3,(H,25,26)/b23-13+. The Balaban J connectivity index is 1.60. The number of esters is 1. The number of fused-ring (bicyclic) bond motifs is 1. The van der Waals surface area contributed by atoms with Crippen molar-refractivity contribution in [1.29, 1.82) is 0 Å². The van der Waals surface area contributed by atoms with E-state index < -0.39 is 11.9 Å². The smallest absolute Gasteiger partial charge is 0.373 e. The van der Waals surface area contributed by atoms with Crippen molar-refractivity contribution in [3.05, 3.63) is 83.9 Å². The van der Waals surface area contributed by atoms with Gasteiger partial charge in [-0.25, -0.2) is 10.2 Å². The highest BCUT2D eigenvalue weighted by atomic mass is 16.5. The molecule has 0 saturated carbocycles. The summed E-state index contributed by atoms with van der Waals surface area (Å²) >= 11 is 0. The van der Waals surface area contributed by atoms with E-state index >= 15 is 0 Å². The topological polar surface area (TPSA) is 96.7 Å². The summed E-state index contributed by atoms with van der Waals surface area (Å²) in [7, 11) is 1.27. The van der Waals surface area contributed by atoms with Gasteiger partial charge in [0.05, 0.1) is 13.3 Å². The molecule has 144 valence electrons. The highest BCUT2D eigenvalue weighted by Gasteiger charge is 2.18. The number of para-hydroxylation sites is 1. The van der Waals surface area contributed by atoms with Gasteiger partial charge in [0.1, 0.15) is 11.5 Å². The zero-order valence-corrected chi connectivity index (χ0v) is 15.5. The third kappa shape index (κ3) is 3.66. The lowest BCUT2D eigenvalue weighted by molar-refractivity contribution is 0.0564. The number of nitrogens with zero attached hydrogens (tertiary/aromatic N) is 1. The molecule has 0 bridgehead atoms. The summed E-state index contributed by atoms with van der Waals surface area (Å²) in [5, 5.41) is 4.88. The van der Waals surface area contributed by atoms with Crippen LogP contribution in [0.2, 0.25) is 0 Å². The second-order valence-electron chi connectivity index (χ2n) is 6.18. The fourth-order valence-electron chi connectivity index (χ4n) is 3.06. The SMILES string of the molecule is COC(=O)c1ccc(/C=N/NC(=O)c2[nH]c3ccccc3c2-c2ccccc2)o1. The van der Waals surface area contributed by atoms with E-state index in [0.717, 1.165) is 22.0 Å². The Morgan fingerprint density at radius 1 is 1.03 bits per heavy atom. The molecule has 2 aromatic carbocycles. The summed E-state index contributed by atoms with van der Waals surface area (Å²) in [6.07, 6.45) is 1.31. The molecule has 0 aliphatic carbocycles. The molecule has 0 aliphatic rings. The van der Waals surface area contributed by atoms with Crippen molar-refractivity contribution in [2.75, 3.05) is 7.11 Å². The third-order valence-corrected chi connectivity index (χ3v) is 4.37. The molecule has 4 aromatic rings. The number of furan rings is 1. The predicted molar refractivity (Wildman–Crippen MR) is 109 cm³/mol. The predicted octanol–water partition coefficient (Wildman–Crippen LogP) is 3.98. The van der Waals surface area contributed by atoms with Crippen LogP contribution in [0.1, 0.15) is 26.8 Å².